The topological polar surface area (TPSA) is 116 Å². The Morgan fingerprint density at radius 1 is 1.43 bits per heavy atom. The molecule has 2 unspecified atom stereocenters. The zero-order valence-electron chi connectivity index (χ0n) is 12.8. The number of hydrogen-bond acceptors (Lipinski definition) is 5. The Balaban J connectivity index is 1.97. The standard InChI is InChI=1S/C15H19N3O5/c1-10-5-6-11(15(16)20)8-17(10)14(19)9-23-13-4-2-3-12(7-13)18(21)22/h2-4,7,10-11H,5-6,8-9H2,1H3,(H2,16,20). The number of hydrogen-bond donors (Lipinski definition) is 1. The van der Waals surface area contributed by atoms with Gasteiger partial charge in [0.25, 0.3) is 11.6 Å². The van der Waals surface area contributed by atoms with E-state index in [-0.39, 0.29) is 42.5 Å². The SMILES string of the molecule is CC1CCC(C(N)=O)CN1C(=O)COc1cccc([N+](=O)[O-])c1. The fourth-order valence-corrected chi connectivity index (χ4v) is 2.60. The first-order valence-electron chi connectivity index (χ1n) is 7.34. The molecule has 1 aromatic carbocycles. The maximum atomic E-state index is 12.3. The molecule has 0 spiro atoms. The molecule has 2 N–H and O–H groups in total. The zero-order valence-corrected chi connectivity index (χ0v) is 12.8. The Hall–Kier alpha value is -2.64. The Labute approximate surface area is 133 Å². The summed E-state index contributed by atoms with van der Waals surface area (Å²) >= 11 is 0. The minimum atomic E-state index is -0.529. The first-order chi connectivity index (χ1) is 10.9. The Morgan fingerprint density at radius 3 is 2.83 bits per heavy atom. The summed E-state index contributed by atoms with van der Waals surface area (Å²) in [5.74, 6) is -0.763. The lowest BCUT2D eigenvalue weighted by Crippen LogP contribution is -2.50. The van der Waals surface area contributed by atoms with Crippen LogP contribution in [0.25, 0.3) is 0 Å². The number of primary amides is 1. The van der Waals surface area contributed by atoms with Crippen LogP contribution in [0.2, 0.25) is 0 Å². The van der Waals surface area contributed by atoms with E-state index < -0.39 is 10.8 Å². The number of nitrogens with two attached hydrogens (primary N) is 1. The summed E-state index contributed by atoms with van der Waals surface area (Å²) in [7, 11) is 0. The van der Waals surface area contributed by atoms with Crippen molar-refractivity contribution in [2.24, 2.45) is 11.7 Å². The number of carbonyl (C=O) groups is 2. The van der Waals surface area contributed by atoms with Gasteiger partial charge in [0, 0.05) is 18.7 Å². The monoisotopic (exact) mass is 321 g/mol. The highest BCUT2D eigenvalue weighted by atomic mass is 16.6. The predicted molar refractivity (Wildman–Crippen MR) is 81.7 cm³/mol. The van der Waals surface area contributed by atoms with Crippen molar-refractivity contribution in [3.8, 4) is 5.75 Å². The van der Waals surface area contributed by atoms with Gasteiger partial charge in [-0.25, -0.2) is 0 Å². The second-order valence-corrected chi connectivity index (χ2v) is 5.61. The summed E-state index contributed by atoms with van der Waals surface area (Å²) in [6.07, 6.45) is 1.38. The van der Waals surface area contributed by atoms with Crippen molar-refractivity contribution in [3.63, 3.8) is 0 Å². The Kier molecular flexibility index (Phi) is 5.15. The van der Waals surface area contributed by atoms with Crippen LogP contribution in [0.1, 0.15) is 19.8 Å². The van der Waals surface area contributed by atoms with Crippen LogP contribution in [-0.2, 0) is 9.59 Å². The maximum Gasteiger partial charge on any atom is 0.273 e. The molecule has 0 aromatic heterocycles. The number of ether oxygens (including phenoxy) is 1. The molecular formula is C15H19N3O5. The number of rotatable bonds is 5. The molecule has 2 rings (SSSR count). The quantitative estimate of drug-likeness (QED) is 0.643. The van der Waals surface area contributed by atoms with E-state index >= 15 is 0 Å². The Bertz CT molecular complexity index is 619. The van der Waals surface area contributed by atoms with Gasteiger partial charge in [-0.05, 0) is 25.8 Å². The highest BCUT2D eigenvalue weighted by Crippen LogP contribution is 2.23. The predicted octanol–water partition coefficient (Wildman–Crippen LogP) is 1.09. The lowest BCUT2D eigenvalue weighted by molar-refractivity contribution is -0.384. The van der Waals surface area contributed by atoms with Crippen LogP contribution in [0.15, 0.2) is 24.3 Å². The minimum absolute atomic E-state index is 0.00631. The average molecular weight is 321 g/mol. The number of benzene rings is 1. The Morgan fingerprint density at radius 2 is 2.17 bits per heavy atom. The van der Waals surface area contributed by atoms with Crippen molar-refractivity contribution in [1.29, 1.82) is 0 Å². The first-order valence-corrected chi connectivity index (χ1v) is 7.34. The molecule has 1 heterocycles. The van der Waals surface area contributed by atoms with Crippen LogP contribution in [0.3, 0.4) is 0 Å². The molecule has 23 heavy (non-hydrogen) atoms. The number of carbonyl (C=O) groups excluding carboxylic acids is 2. The first kappa shape index (κ1) is 16.7. The fraction of sp³-hybridized carbons (Fsp3) is 0.467. The number of amides is 2. The largest absolute Gasteiger partial charge is 0.484 e. The van der Waals surface area contributed by atoms with Gasteiger partial charge >= 0.3 is 0 Å². The van der Waals surface area contributed by atoms with E-state index in [9.17, 15) is 19.7 Å². The molecule has 8 nitrogen and oxygen atoms in total. The van der Waals surface area contributed by atoms with Gasteiger partial charge in [-0.1, -0.05) is 6.07 Å². The molecule has 2 atom stereocenters. The van der Waals surface area contributed by atoms with Crippen molar-refractivity contribution in [3.05, 3.63) is 34.4 Å². The molecule has 1 fully saturated rings. The number of nitrogens with zero attached hydrogens (tertiary/aromatic N) is 2. The lowest BCUT2D eigenvalue weighted by Gasteiger charge is -2.36. The van der Waals surface area contributed by atoms with Gasteiger partial charge in [-0.3, -0.25) is 19.7 Å². The summed E-state index contributed by atoms with van der Waals surface area (Å²) in [5, 5.41) is 10.7. The number of nitro benzene ring substituents is 1. The molecule has 1 aromatic rings. The van der Waals surface area contributed by atoms with Crippen molar-refractivity contribution < 1.29 is 19.2 Å². The highest BCUT2D eigenvalue weighted by Gasteiger charge is 2.31. The highest BCUT2D eigenvalue weighted by molar-refractivity contribution is 5.81. The molecular weight excluding hydrogens is 302 g/mol. The van der Waals surface area contributed by atoms with Gasteiger partial charge in [0.05, 0.1) is 16.9 Å². The van der Waals surface area contributed by atoms with Crippen LogP contribution < -0.4 is 10.5 Å². The molecule has 2 amide bonds. The summed E-state index contributed by atoms with van der Waals surface area (Å²) in [6, 6.07) is 5.65. The molecule has 0 aliphatic carbocycles. The molecule has 0 radical (unpaired) electrons. The van der Waals surface area contributed by atoms with E-state index in [2.05, 4.69) is 0 Å². The summed E-state index contributed by atoms with van der Waals surface area (Å²) in [5.41, 5.74) is 5.21. The van der Waals surface area contributed by atoms with E-state index in [4.69, 9.17) is 10.5 Å². The van der Waals surface area contributed by atoms with E-state index in [0.717, 1.165) is 0 Å². The lowest BCUT2D eigenvalue weighted by atomic mass is 9.93. The van der Waals surface area contributed by atoms with Crippen molar-refractivity contribution in [2.75, 3.05) is 13.2 Å². The number of piperidine rings is 1. The van der Waals surface area contributed by atoms with Crippen molar-refractivity contribution in [2.45, 2.75) is 25.8 Å². The third kappa shape index (κ3) is 4.18. The van der Waals surface area contributed by atoms with Crippen molar-refractivity contribution >= 4 is 17.5 Å². The molecule has 1 aliphatic rings. The summed E-state index contributed by atoms with van der Waals surface area (Å²) in [6.45, 7) is 1.95. The second-order valence-electron chi connectivity index (χ2n) is 5.61. The third-order valence-electron chi connectivity index (χ3n) is 4.00. The van der Waals surface area contributed by atoms with Crippen LogP contribution in [0, 0.1) is 16.0 Å². The van der Waals surface area contributed by atoms with Gasteiger partial charge in [-0.15, -0.1) is 0 Å². The smallest absolute Gasteiger partial charge is 0.273 e. The molecule has 1 saturated heterocycles. The molecule has 124 valence electrons. The fourth-order valence-electron chi connectivity index (χ4n) is 2.60. The van der Waals surface area contributed by atoms with Crippen LogP contribution >= 0.6 is 0 Å². The van der Waals surface area contributed by atoms with Crippen molar-refractivity contribution in [1.82, 2.24) is 4.90 Å². The third-order valence-corrected chi connectivity index (χ3v) is 4.00. The van der Waals surface area contributed by atoms with Gasteiger partial charge in [0.15, 0.2) is 6.61 Å². The van der Waals surface area contributed by atoms with Gasteiger partial charge in [-0.2, -0.15) is 0 Å². The zero-order chi connectivity index (χ0) is 17.0. The molecule has 0 bridgehead atoms. The summed E-state index contributed by atoms with van der Waals surface area (Å²) < 4.78 is 5.34. The average Bonchev–Trinajstić information content (AvgIpc) is 2.53. The molecule has 1 aliphatic heterocycles. The van der Waals surface area contributed by atoms with E-state index in [1.165, 1.54) is 18.2 Å². The number of nitro groups is 1. The summed E-state index contributed by atoms with van der Waals surface area (Å²) in [4.78, 5) is 35.3. The van der Waals surface area contributed by atoms with E-state index in [1.54, 1.807) is 11.0 Å². The molecule has 0 saturated carbocycles. The number of non-ortho nitro benzene ring substituents is 1. The number of likely N-dealkylation sites (tertiary alicyclic amines) is 1. The van der Waals surface area contributed by atoms with E-state index in [1.807, 2.05) is 6.92 Å². The van der Waals surface area contributed by atoms with E-state index in [0.29, 0.717) is 12.8 Å². The second kappa shape index (κ2) is 7.08. The molecule has 8 heteroatoms. The van der Waals surface area contributed by atoms with Crippen LogP contribution in [0.5, 0.6) is 5.75 Å². The van der Waals surface area contributed by atoms with Gasteiger partial charge < -0.3 is 15.4 Å². The minimum Gasteiger partial charge on any atom is -0.484 e. The maximum absolute atomic E-state index is 12.3. The van der Waals surface area contributed by atoms with Gasteiger partial charge in [0.1, 0.15) is 5.75 Å². The van der Waals surface area contributed by atoms with Gasteiger partial charge in [0.2, 0.25) is 5.91 Å². The normalized spacial score (nSPS) is 20.8. The van der Waals surface area contributed by atoms with Crippen LogP contribution in [0.4, 0.5) is 5.69 Å². The van der Waals surface area contributed by atoms with Crippen LogP contribution in [-0.4, -0.2) is 40.8 Å².